The number of carbonyl (C=O) groups excluding carboxylic acids is 1. The predicted molar refractivity (Wildman–Crippen MR) is 133 cm³/mol. The Hall–Kier alpha value is -2.39. The molecule has 3 aromatic rings. The maximum atomic E-state index is 12.6. The fourth-order valence-electron chi connectivity index (χ4n) is 4.69. The van der Waals surface area contributed by atoms with Gasteiger partial charge in [0.05, 0.1) is 23.5 Å². The van der Waals surface area contributed by atoms with Gasteiger partial charge in [0.25, 0.3) is 5.56 Å². The van der Waals surface area contributed by atoms with Crippen LogP contribution >= 0.6 is 23.1 Å². The molecule has 9 heteroatoms. The van der Waals surface area contributed by atoms with Gasteiger partial charge >= 0.3 is 0 Å². The van der Waals surface area contributed by atoms with Gasteiger partial charge in [-0.25, -0.2) is 9.97 Å². The summed E-state index contributed by atoms with van der Waals surface area (Å²) < 4.78 is 6.00. The highest BCUT2D eigenvalue weighted by molar-refractivity contribution is 7.99. The molecule has 0 bridgehead atoms. The molecule has 3 heterocycles. The number of hydrogen-bond donors (Lipinski definition) is 2. The summed E-state index contributed by atoms with van der Waals surface area (Å²) in [6.45, 7) is 0.664. The van der Waals surface area contributed by atoms with Gasteiger partial charge in [-0.2, -0.15) is 0 Å². The molecule has 174 valence electrons. The Morgan fingerprint density at radius 3 is 3.00 bits per heavy atom. The van der Waals surface area contributed by atoms with Crippen LogP contribution < -0.4 is 15.6 Å². The molecule has 5 rings (SSSR count). The molecule has 0 spiro atoms. The largest absolute Gasteiger partial charge is 0.489 e. The number of nitrogens with one attached hydrogen (secondary N) is 2. The number of pyridine rings is 1. The Labute approximate surface area is 200 Å². The van der Waals surface area contributed by atoms with Crippen molar-refractivity contribution in [2.24, 2.45) is 5.92 Å². The zero-order chi connectivity index (χ0) is 22.6. The molecular formula is C24H28N4O3S2. The average Bonchev–Trinajstić information content (AvgIpc) is 3.40. The summed E-state index contributed by atoms with van der Waals surface area (Å²) in [7, 11) is 0. The van der Waals surface area contributed by atoms with Gasteiger partial charge in [-0.1, -0.05) is 19.3 Å². The van der Waals surface area contributed by atoms with Crippen molar-refractivity contribution in [3.63, 3.8) is 0 Å². The van der Waals surface area contributed by atoms with Crippen LogP contribution in [0.3, 0.4) is 0 Å². The third kappa shape index (κ3) is 5.24. The van der Waals surface area contributed by atoms with E-state index in [1.54, 1.807) is 17.5 Å². The molecule has 33 heavy (non-hydrogen) atoms. The van der Waals surface area contributed by atoms with Gasteiger partial charge in [-0.3, -0.25) is 9.59 Å². The number of amides is 1. The number of ether oxygens (including phenoxy) is 1. The molecule has 2 aliphatic rings. The average molecular weight is 485 g/mol. The first-order valence-corrected chi connectivity index (χ1v) is 13.6. The van der Waals surface area contributed by atoms with Crippen molar-refractivity contribution in [3.8, 4) is 5.75 Å². The molecule has 7 nitrogen and oxygen atoms in total. The van der Waals surface area contributed by atoms with Gasteiger partial charge in [0.15, 0.2) is 11.6 Å². The van der Waals surface area contributed by atoms with Crippen LogP contribution in [0.2, 0.25) is 0 Å². The van der Waals surface area contributed by atoms with Crippen molar-refractivity contribution in [1.29, 1.82) is 0 Å². The van der Waals surface area contributed by atoms with Gasteiger partial charge in [-0.15, -0.1) is 23.1 Å². The van der Waals surface area contributed by atoms with Crippen molar-refractivity contribution in [2.45, 2.75) is 57.1 Å². The van der Waals surface area contributed by atoms with E-state index >= 15 is 0 Å². The minimum Gasteiger partial charge on any atom is -0.489 e. The smallest absolute Gasteiger partial charge is 0.259 e. The fraction of sp³-hybridized carbons (Fsp3) is 0.500. The lowest BCUT2D eigenvalue weighted by atomic mass is 9.90. The highest BCUT2D eigenvalue weighted by Gasteiger charge is 2.21. The van der Waals surface area contributed by atoms with E-state index < -0.39 is 0 Å². The van der Waals surface area contributed by atoms with Gasteiger partial charge in [0.1, 0.15) is 10.7 Å². The highest BCUT2D eigenvalue weighted by Crippen LogP contribution is 2.34. The molecule has 2 aliphatic carbocycles. The number of H-pyrrole nitrogens is 1. The number of aromatic amines is 1. The third-order valence-corrected chi connectivity index (χ3v) is 8.45. The number of hydrogen-bond acceptors (Lipinski definition) is 7. The van der Waals surface area contributed by atoms with Crippen LogP contribution in [0, 0.1) is 5.92 Å². The topological polar surface area (TPSA) is 97.0 Å². The molecule has 1 fully saturated rings. The first-order chi connectivity index (χ1) is 16.2. The van der Waals surface area contributed by atoms with Gasteiger partial charge in [0.2, 0.25) is 5.91 Å². The Balaban J connectivity index is 1.15. The Kier molecular flexibility index (Phi) is 6.96. The van der Waals surface area contributed by atoms with E-state index in [4.69, 9.17) is 4.74 Å². The highest BCUT2D eigenvalue weighted by atomic mass is 32.2. The number of rotatable bonds is 8. The number of aromatic nitrogens is 3. The summed E-state index contributed by atoms with van der Waals surface area (Å²) in [6.07, 6.45) is 11.0. The zero-order valence-corrected chi connectivity index (χ0v) is 20.2. The van der Waals surface area contributed by atoms with Crippen LogP contribution in [0.15, 0.2) is 23.1 Å². The molecule has 0 aliphatic heterocycles. The summed E-state index contributed by atoms with van der Waals surface area (Å²) in [5.74, 6) is 2.81. The van der Waals surface area contributed by atoms with E-state index in [1.165, 1.54) is 54.3 Å². The SMILES string of the molecule is O=C(CSCc1nc2sc3c(c2c(=O)[nH]1)CCC3)Nc1ncccc1OCC1CCCCC1. The second kappa shape index (κ2) is 10.3. The lowest BCUT2D eigenvalue weighted by Gasteiger charge is -2.22. The number of thiophene rings is 1. The first kappa shape index (κ1) is 22.4. The number of thioether (sulfide) groups is 1. The van der Waals surface area contributed by atoms with Crippen molar-refractivity contribution in [1.82, 2.24) is 15.0 Å². The Morgan fingerprint density at radius 2 is 2.12 bits per heavy atom. The van der Waals surface area contributed by atoms with E-state index in [0.717, 1.165) is 29.5 Å². The third-order valence-electron chi connectivity index (χ3n) is 6.32. The second-order valence-electron chi connectivity index (χ2n) is 8.76. The lowest BCUT2D eigenvalue weighted by molar-refractivity contribution is -0.113. The van der Waals surface area contributed by atoms with E-state index in [9.17, 15) is 9.59 Å². The fourth-order valence-corrected chi connectivity index (χ4v) is 6.66. The molecule has 3 aromatic heterocycles. The summed E-state index contributed by atoms with van der Waals surface area (Å²) >= 11 is 3.05. The quantitative estimate of drug-likeness (QED) is 0.481. The first-order valence-electron chi connectivity index (χ1n) is 11.7. The van der Waals surface area contributed by atoms with Crippen molar-refractivity contribution in [2.75, 3.05) is 17.7 Å². The summed E-state index contributed by atoms with van der Waals surface area (Å²) in [4.78, 5) is 39.0. The molecule has 1 amide bonds. The monoisotopic (exact) mass is 484 g/mol. The Morgan fingerprint density at radius 1 is 1.24 bits per heavy atom. The predicted octanol–water partition coefficient (Wildman–Crippen LogP) is 4.70. The molecule has 0 saturated heterocycles. The number of anilines is 1. The van der Waals surface area contributed by atoms with Crippen LogP contribution in [-0.2, 0) is 23.4 Å². The van der Waals surface area contributed by atoms with Crippen LogP contribution in [-0.4, -0.2) is 33.2 Å². The Bertz CT molecular complexity index is 1200. The van der Waals surface area contributed by atoms with Gasteiger partial charge < -0.3 is 15.0 Å². The molecular weight excluding hydrogens is 456 g/mol. The van der Waals surface area contributed by atoms with E-state index in [1.807, 2.05) is 12.1 Å². The molecule has 0 atom stereocenters. The van der Waals surface area contributed by atoms with Crippen LogP contribution in [0.5, 0.6) is 5.75 Å². The standard InChI is InChI=1S/C24H28N4O3S2/c29-20(28-22-17(9-5-11-25-22)31-12-15-6-2-1-3-7-15)14-32-13-19-26-23(30)21-16-8-4-10-18(16)33-24(21)27-19/h5,9,11,15H,1-4,6-8,10,12-14H2,(H,25,28,29)(H,26,27,30). The summed E-state index contributed by atoms with van der Waals surface area (Å²) in [6, 6.07) is 3.67. The molecule has 0 unspecified atom stereocenters. The van der Waals surface area contributed by atoms with Crippen molar-refractivity contribution < 1.29 is 9.53 Å². The normalized spacial score (nSPS) is 16.1. The number of nitrogens with zero attached hydrogens (tertiary/aromatic N) is 2. The van der Waals surface area contributed by atoms with Crippen LogP contribution in [0.1, 0.15) is 54.8 Å². The minimum atomic E-state index is -0.153. The minimum absolute atomic E-state index is 0.0623. The van der Waals surface area contributed by atoms with Crippen molar-refractivity contribution in [3.05, 3.63) is 44.9 Å². The van der Waals surface area contributed by atoms with E-state index in [2.05, 4.69) is 20.3 Å². The molecule has 2 N–H and O–H groups in total. The van der Waals surface area contributed by atoms with Crippen LogP contribution in [0.25, 0.3) is 10.2 Å². The maximum absolute atomic E-state index is 12.6. The lowest BCUT2D eigenvalue weighted by Crippen LogP contribution is -2.19. The van der Waals surface area contributed by atoms with Gasteiger partial charge in [0, 0.05) is 11.1 Å². The van der Waals surface area contributed by atoms with Crippen molar-refractivity contribution >= 4 is 45.0 Å². The van der Waals surface area contributed by atoms with E-state index in [-0.39, 0.29) is 17.2 Å². The molecule has 0 radical (unpaired) electrons. The number of aryl methyl sites for hydroxylation is 2. The second-order valence-corrected chi connectivity index (χ2v) is 10.8. The van der Waals surface area contributed by atoms with E-state index in [0.29, 0.717) is 35.7 Å². The van der Waals surface area contributed by atoms with Gasteiger partial charge in [-0.05, 0) is 55.7 Å². The molecule has 0 aromatic carbocycles. The zero-order valence-electron chi connectivity index (χ0n) is 18.5. The summed E-state index contributed by atoms with van der Waals surface area (Å²) in [5.41, 5.74) is 1.12. The maximum Gasteiger partial charge on any atom is 0.259 e. The molecule has 1 saturated carbocycles. The number of carbonyl (C=O) groups is 1. The number of fused-ring (bicyclic) bond motifs is 3. The summed E-state index contributed by atoms with van der Waals surface area (Å²) in [5, 5.41) is 3.62. The van der Waals surface area contributed by atoms with Crippen LogP contribution in [0.4, 0.5) is 5.82 Å².